The van der Waals surface area contributed by atoms with Crippen LogP contribution in [0.15, 0.2) is 48.5 Å². The number of hydrogen-bond acceptors (Lipinski definition) is 4. The zero-order valence-corrected chi connectivity index (χ0v) is 15.5. The standard InChI is InChI=1S/C22H26N2O3/c25-22(21-16-26-19-9-2-3-10-20(19)27-21)23-14-17-7-6-8-18(13-17)15-24-11-4-1-5-12-24/h2-3,6-10,13,21H,1,4-5,11-12,14-16H2,(H,23,25)/t21-/m0/s1. The Kier molecular flexibility index (Phi) is 5.58. The lowest BCUT2D eigenvalue weighted by atomic mass is 10.1. The van der Waals surface area contributed by atoms with Crippen LogP contribution < -0.4 is 14.8 Å². The summed E-state index contributed by atoms with van der Waals surface area (Å²) < 4.78 is 11.4. The van der Waals surface area contributed by atoms with Crippen molar-refractivity contribution in [3.63, 3.8) is 0 Å². The van der Waals surface area contributed by atoms with Crippen molar-refractivity contribution in [2.75, 3.05) is 19.7 Å². The van der Waals surface area contributed by atoms with Crippen LogP contribution in [-0.4, -0.2) is 36.6 Å². The lowest BCUT2D eigenvalue weighted by Gasteiger charge is -2.26. The molecule has 5 heteroatoms. The average molecular weight is 366 g/mol. The molecule has 1 fully saturated rings. The Morgan fingerprint density at radius 2 is 1.78 bits per heavy atom. The van der Waals surface area contributed by atoms with Crippen LogP contribution in [0, 0.1) is 0 Å². The van der Waals surface area contributed by atoms with Crippen LogP contribution in [0.4, 0.5) is 0 Å². The average Bonchev–Trinajstić information content (AvgIpc) is 2.73. The van der Waals surface area contributed by atoms with E-state index >= 15 is 0 Å². The molecule has 2 heterocycles. The summed E-state index contributed by atoms with van der Waals surface area (Å²) in [5.74, 6) is 1.16. The van der Waals surface area contributed by atoms with Gasteiger partial charge in [-0.15, -0.1) is 0 Å². The molecule has 1 saturated heterocycles. The molecule has 0 bridgehead atoms. The van der Waals surface area contributed by atoms with Gasteiger partial charge in [0.15, 0.2) is 11.5 Å². The van der Waals surface area contributed by atoms with Crippen molar-refractivity contribution in [1.82, 2.24) is 10.2 Å². The number of nitrogens with zero attached hydrogens (tertiary/aromatic N) is 1. The summed E-state index contributed by atoms with van der Waals surface area (Å²) in [5, 5.41) is 2.97. The Morgan fingerprint density at radius 1 is 1.00 bits per heavy atom. The molecule has 2 aromatic rings. The topological polar surface area (TPSA) is 50.8 Å². The van der Waals surface area contributed by atoms with Crippen LogP contribution in [0.2, 0.25) is 0 Å². The molecule has 0 spiro atoms. The molecule has 0 aromatic heterocycles. The smallest absolute Gasteiger partial charge is 0.264 e. The molecule has 2 aliphatic rings. The van der Waals surface area contributed by atoms with Gasteiger partial charge >= 0.3 is 0 Å². The lowest BCUT2D eigenvalue weighted by molar-refractivity contribution is -0.130. The van der Waals surface area contributed by atoms with Crippen molar-refractivity contribution in [1.29, 1.82) is 0 Å². The molecular formula is C22H26N2O3. The number of ether oxygens (including phenoxy) is 2. The summed E-state index contributed by atoms with van der Waals surface area (Å²) in [5.41, 5.74) is 2.41. The van der Waals surface area contributed by atoms with E-state index in [0.29, 0.717) is 18.0 Å². The van der Waals surface area contributed by atoms with Crippen molar-refractivity contribution >= 4 is 5.91 Å². The summed E-state index contributed by atoms with van der Waals surface area (Å²) >= 11 is 0. The summed E-state index contributed by atoms with van der Waals surface area (Å²) in [6.45, 7) is 4.08. The molecular weight excluding hydrogens is 340 g/mol. The largest absolute Gasteiger partial charge is 0.485 e. The highest BCUT2D eigenvalue weighted by atomic mass is 16.6. The molecule has 142 valence electrons. The Morgan fingerprint density at radius 3 is 2.63 bits per heavy atom. The highest BCUT2D eigenvalue weighted by molar-refractivity contribution is 5.81. The molecule has 0 radical (unpaired) electrons. The summed E-state index contributed by atoms with van der Waals surface area (Å²) in [7, 11) is 0. The number of benzene rings is 2. The predicted octanol–water partition coefficient (Wildman–Crippen LogP) is 3.13. The fourth-order valence-corrected chi connectivity index (χ4v) is 3.67. The number of piperidine rings is 1. The summed E-state index contributed by atoms with van der Waals surface area (Å²) in [4.78, 5) is 15.0. The summed E-state index contributed by atoms with van der Waals surface area (Å²) in [6.07, 6.45) is 3.32. The third kappa shape index (κ3) is 4.61. The Hall–Kier alpha value is -2.53. The van der Waals surface area contributed by atoms with E-state index in [4.69, 9.17) is 9.47 Å². The number of likely N-dealkylation sites (tertiary alicyclic amines) is 1. The first-order chi connectivity index (χ1) is 13.3. The second-order valence-corrected chi connectivity index (χ2v) is 7.24. The molecule has 2 aromatic carbocycles. The zero-order valence-electron chi connectivity index (χ0n) is 15.5. The van der Waals surface area contributed by atoms with Gasteiger partial charge in [0.05, 0.1) is 0 Å². The maximum Gasteiger partial charge on any atom is 0.264 e. The molecule has 4 rings (SSSR count). The third-order valence-electron chi connectivity index (χ3n) is 5.11. The third-order valence-corrected chi connectivity index (χ3v) is 5.11. The minimum absolute atomic E-state index is 0.147. The van der Waals surface area contributed by atoms with Gasteiger partial charge in [0.1, 0.15) is 6.61 Å². The number of para-hydroxylation sites is 2. The maximum atomic E-state index is 12.5. The van der Waals surface area contributed by atoms with Gasteiger partial charge in [-0.3, -0.25) is 9.69 Å². The second kappa shape index (κ2) is 8.44. The Bertz CT molecular complexity index is 787. The highest BCUT2D eigenvalue weighted by Gasteiger charge is 2.26. The van der Waals surface area contributed by atoms with Gasteiger partial charge in [-0.1, -0.05) is 42.8 Å². The number of amides is 1. The van der Waals surface area contributed by atoms with Crippen molar-refractivity contribution in [3.05, 3.63) is 59.7 Å². The van der Waals surface area contributed by atoms with E-state index in [0.717, 1.165) is 12.1 Å². The maximum absolute atomic E-state index is 12.5. The molecule has 2 aliphatic heterocycles. The van der Waals surface area contributed by atoms with Gasteiger partial charge in [0.2, 0.25) is 6.10 Å². The van der Waals surface area contributed by atoms with E-state index in [2.05, 4.69) is 28.4 Å². The first-order valence-electron chi connectivity index (χ1n) is 9.74. The Balaban J connectivity index is 1.31. The SMILES string of the molecule is O=C(NCc1cccc(CN2CCCCC2)c1)[C@@H]1COc2ccccc2O1. The zero-order chi connectivity index (χ0) is 18.5. The number of rotatable bonds is 5. The van der Waals surface area contributed by atoms with E-state index in [1.54, 1.807) is 0 Å². The number of fused-ring (bicyclic) bond motifs is 1. The lowest BCUT2D eigenvalue weighted by Crippen LogP contribution is -2.43. The van der Waals surface area contributed by atoms with Gasteiger partial charge in [-0.25, -0.2) is 0 Å². The van der Waals surface area contributed by atoms with Crippen molar-refractivity contribution in [2.24, 2.45) is 0 Å². The van der Waals surface area contributed by atoms with Crippen molar-refractivity contribution in [3.8, 4) is 11.5 Å². The summed E-state index contributed by atoms with van der Waals surface area (Å²) in [6, 6.07) is 15.9. The van der Waals surface area contributed by atoms with Crippen LogP contribution in [0.5, 0.6) is 11.5 Å². The van der Waals surface area contributed by atoms with E-state index in [-0.39, 0.29) is 12.5 Å². The molecule has 1 N–H and O–H groups in total. The molecule has 5 nitrogen and oxygen atoms in total. The number of carbonyl (C=O) groups excluding carboxylic acids is 1. The number of carbonyl (C=O) groups is 1. The fourth-order valence-electron chi connectivity index (χ4n) is 3.67. The molecule has 1 atom stereocenters. The first-order valence-corrected chi connectivity index (χ1v) is 9.74. The quantitative estimate of drug-likeness (QED) is 0.883. The molecule has 27 heavy (non-hydrogen) atoms. The second-order valence-electron chi connectivity index (χ2n) is 7.24. The number of nitrogens with one attached hydrogen (secondary N) is 1. The monoisotopic (exact) mass is 366 g/mol. The van der Waals surface area contributed by atoms with Crippen LogP contribution in [-0.2, 0) is 17.9 Å². The fraction of sp³-hybridized carbons (Fsp3) is 0.409. The van der Waals surface area contributed by atoms with Crippen LogP contribution in [0.25, 0.3) is 0 Å². The number of hydrogen-bond donors (Lipinski definition) is 1. The van der Waals surface area contributed by atoms with Gasteiger partial charge in [0, 0.05) is 13.1 Å². The Labute approximate surface area is 160 Å². The first kappa shape index (κ1) is 17.9. The van der Waals surface area contributed by atoms with Crippen LogP contribution in [0.3, 0.4) is 0 Å². The van der Waals surface area contributed by atoms with Gasteiger partial charge in [0.25, 0.3) is 5.91 Å². The van der Waals surface area contributed by atoms with E-state index < -0.39 is 6.10 Å². The van der Waals surface area contributed by atoms with Crippen molar-refractivity contribution < 1.29 is 14.3 Å². The van der Waals surface area contributed by atoms with Crippen molar-refractivity contribution in [2.45, 2.75) is 38.5 Å². The van der Waals surface area contributed by atoms with E-state index in [1.165, 1.54) is 37.9 Å². The molecule has 0 aliphatic carbocycles. The van der Waals surface area contributed by atoms with Gasteiger partial charge in [-0.05, 0) is 49.2 Å². The highest BCUT2D eigenvalue weighted by Crippen LogP contribution is 2.30. The van der Waals surface area contributed by atoms with Crippen LogP contribution in [0.1, 0.15) is 30.4 Å². The van der Waals surface area contributed by atoms with E-state index in [1.807, 2.05) is 30.3 Å². The normalized spacial score (nSPS) is 19.5. The van der Waals surface area contributed by atoms with Crippen LogP contribution >= 0.6 is 0 Å². The molecule has 1 amide bonds. The minimum atomic E-state index is -0.614. The van der Waals surface area contributed by atoms with Gasteiger partial charge < -0.3 is 14.8 Å². The van der Waals surface area contributed by atoms with E-state index in [9.17, 15) is 4.79 Å². The molecule has 0 saturated carbocycles. The van der Waals surface area contributed by atoms with Gasteiger partial charge in [-0.2, -0.15) is 0 Å². The molecule has 0 unspecified atom stereocenters. The predicted molar refractivity (Wildman–Crippen MR) is 104 cm³/mol. The minimum Gasteiger partial charge on any atom is -0.485 e.